The normalized spacial score (nSPS) is 21.0. The molecule has 0 amide bonds. The Balaban J connectivity index is 2.41. The van der Waals surface area contributed by atoms with Crippen LogP contribution in [0.25, 0.3) is 0 Å². The maximum absolute atomic E-state index is 3.74. The molecule has 0 aliphatic heterocycles. The zero-order chi connectivity index (χ0) is 11.1. The summed E-state index contributed by atoms with van der Waals surface area (Å²) in [6, 6.07) is 0.820. The highest BCUT2D eigenvalue weighted by atomic mass is 14.9. The van der Waals surface area contributed by atoms with Gasteiger partial charge >= 0.3 is 0 Å². The van der Waals surface area contributed by atoms with E-state index in [0.717, 1.165) is 24.4 Å². The molecule has 0 bridgehead atoms. The Hall–Kier alpha value is -0.0400. The van der Waals surface area contributed by atoms with Crippen molar-refractivity contribution in [2.24, 2.45) is 11.8 Å². The lowest BCUT2D eigenvalue weighted by atomic mass is 9.73. The number of nitrogens with one attached hydrogen (secondary N) is 1. The Bertz CT molecular complexity index is 151. The molecular weight excluding hydrogens is 182 g/mol. The number of rotatable bonds is 8. The lowest BCUT2D eigenvalue weighted by Crippen LogP contribution is -2.44. The van der Waals surface area contributed by atoms with Crippen molar-refractivity contribution in [1.82, 2.24) is 5.32 Å². The van der Waals surface area contributed by atoms with Crippen LogP contribution < -0.4 is 5.32 Å². The average Bonchev–Trinajstić information content (AvgIpc) is 2.16. The Morgan fingerprint density at radius 2 is 1.93 bits per heavy atom. The van der Waals surface area contributed by atoms with E-state index < -0.39 is 0 Å². The zero-order valence-corrected chi connectivity index (χ0v) is 10.9. The van der Waals surface area contributed by atoms with Crippen LogP contribution in [0.3, 0.4) is 0 Å². The van der Waals surface area contributed by atoms with Crippen molar-refractivity contribution in [2.45, 2.75) is 71.8 Å². The van der Waals surface area contributed by atoms with E-state index in [1.165, 1.54) is 44.9 Å². The Labute approximate surface area is 96.0 Å². The second kappa shape index (κ2) is 7.27. The fraction of sp³-hybridized carbons (Fsp3) is 1.00. The molecule has 0 saturated heterocycles. The summed E-state index contributed by atoms with van der Waals surface area (Å²) in [5, 5.41) is 3.74. The van der Waals surface area contributed by atoms with Crippen molar-refractivity contribution < 1.29 is 0 Å². The topological polar surface area (TPSA) is 12.0 Å². The molecule has 2 unspecified atom stereocenters. The molecule has 90 valence electrons. The monoisotopic (exact) mass is 211 g/mol. The molecular formula is C14H29N. The van der Waals surface area contributed by atoms with Crippen molar-refractivity contribution >= 4 is 0 Å². The third-order valence-electron chi connectivity index (χ3n) is 4.06. The predicted molar refractivity (Wildman–Crippen MR) is 68.1 cm³/mol. The minimum Gasteiger partial charge on any atom is -0.314 e. The van der Waals surface area contributed by atoms with Crippen molar-refractivity contribution in [3.05, 3.63) is 0 Å². The zero-order valence-electron chi connectivity index (χ0n) is 10.9. The minimum atomic E-state index is 0.820. The summed E-state index contributed by atoms with van der Waals surface area (Å²) in [4.78, 5) is 0. The fourth-order valence-corrected chi connectivity index (χ4v) is 2.86. The molecule has 1 rings (SSSR count). The van der Waals surface area contributed by atoms with E-state index in [1.807, 2.05) is 0 Å². The Morgan fingerprint density at radius 1 is 1.20 bits per heavy atom. The summed E-state index contributed by atoms with van der Waals surface area (Å²) in [6.45, 7) is 8.06. The molecule has 0 aromatic carbocycles. The quantitative estimate of drug-likeness (QED) is 0.640. The van der Waals surface area contributed by atoms with Crippen LogP contribution >= 0.6 is 0 Å². The maximum Gasteiger partial charge on any atom is 0.0123 e. The average molecular weight is 211 g/mol. The number of hydrogen-bond acceptors (Lipinski definition) is 1. The molecule has 1 aliphatic carbocycles. The van der Waals surface area contributed by atoms with E-state index in [2.05, 4.69) is 26.1 Å². The third kappa shape index (κ3) is 3.79. The Kier molecular flexibility index (Phi) is 6.31. The number of hydrogen-bond donors (Lipinski definition) is 1. The molecule has 1 saturated carbocycles. The van der Waals surface area contributed by atoms with Gasteiger partial charge in [0.15, 0.2) is 0 Å². The molecule has 1 aliphatic rings. The summed E-state index contributed by atoms with van der Waals surface area (Å²) in [5.41, 5.74) is 0. The van der Waals surface area contributed by atoms with E-state index in [9.17, 15) is 0 Å². The standard InChI is InChI=1S/C14H29N/c1-4-7-9-12(5-2)14(15-6-3)13-10-8-11-13/h12-15H,4-11H2,1-3H3. The second-order valence-electron chi connectivity index (χ2n) is 5.09. The van der Waals surface area contributed by atoms with Crippen LogP contribution in [0.4, 0.5) is 0 Å². The lowest BCUT2D eigenvalue weighted by molar-refractivity contribution is 0.164. The van der Waals surface area contributed by atoms with E-state index >= 15 is 0 Å². The van der Waals surface area contributed by atoms with Crippen molar-refractivity contribution in [3.8, 4) is 0 Å². The summed E-state index contributed by atoms with van der Waals surface area (Å²) in [6.07, 6.45) is 9.96. The van der Waals surface area contributed by atoms with Crippen LogP contribution in [0.2, 0.25) is 0 Å². The largest absolute Gasteiger partial charge is 0.314 e. The third-order valence-corrected chi connectivity index (χ3v) is 4.06. The first-order chi connectivity index (χ1) is 7.33. The molecule has 0 aromatic heterocycles. The highest BCUT2D eigenvalue weighted by molar-refractivity contribution is 4.87. The summed E-state index contributed by atoms with van der Waals surface area (Å²) in [7, 11) is 0. The van der Waals surface area contributed by atoms with Gasteiger partial charge in [0, 0.05) is 6.04 Å². The first-order valence-corrected chi connectivity index (χ1v) is 7.06. The van der Waals surface area contributed by atoms with E-state index in [-0.39, 0.29) is 0 Å². The van der Waals surface area contributed by atoms with Crippen molar-refractivity contribution in [3.63, 3.8) is 0 Å². The van der Waals surface area contributed by atoms with Gasteiger partial charge in [-0.25, -0.2) is 0 Å². The summed E-state index contributed by atoms with van der Waals surface area (Å²) >= 11 is 0. The molecule has 1 nitrogen and oxygen atoms in total. The molecule has 1 N–H and O–H groups in total. The van der Waals surface area contributed by atoms with Crippen LogP contribution in [0.15, 0.2) is 0 Å². The van der Waals surface area contributed by atoms with Gasteiger partial charge in [-0.3, -0.25) is 0 Å². The molecule has 1 fully saturated rings. The van der Waals surface area contributed by atoms with Gasteiger partial charge in [0.2, 0.25) is 0 Å². The number of unbranched alkanes of at least 4 members (excludes halogenated alkanes) is 1. The molecule has 0 radical (unpaired) electrons. The molecule has 0 aromatic rings. The van der Waals surface area contributed by atoms with Crippen LogP contribution in [0.1, 0.15) is 65.7 Å². The van der Waals surface area contributed by atoms with Gasteiger partial charge in [0.25, 0.3) is 0 Å². The van der Waals surface area contributed by atoms with Crippen molar-refractivity contribution in [2.75, 3.05) is 6.54 Å². The van der Waals surface area contributed by atoms with Gasteiger partial charge in [0.1, 0.15) is 0 Å². The van der Waals surface area contributed by atoms with Gasteiger partial charge in [-0.15, -0.1) is 0 Å². The SMILES string of the molecule is CCCCC(CC)C(NCC)C1CCC1. The highest BCUT2D eigenvalue weighted by Crippen LogP contribution is 2.35. The first kappa shape index (κ1) is 13.0. The van der Waals surface area contributed by atoms with Crippen molar-refractivity contribution in [1.29, 1.82) is 0 Å². The van der Waals surface area contributed by atoms with Gasteiger partial charge in [-0.2, -0.15) is 0 Å². The van der Waals surface area contributed by atoms with E-state index in [1.54, 1.807) is 0 Å². The van der Waals surface area contributed by atoms with Gasteiger partial charge in [0.05, 0.1) is 0 Å². The van der Waals surface area contributed by atoms with E-state index in [0.29, 0.717) is 0 Å². The van der Waals surface area contributed by atoms with Crippen LogP contribution in [0.5, 0.6) is 0 Å². The molecule has 0 heterocycles. The first-order valence-electron chi connectivity index (χ1n) is 7.06. The van der Waals surface area contributed by atoms with E-state index in [4.69, 9.17) is 0 Å². The lowest BCUT2D eigenvalue weighted by Gasteiger charge is -2.39. The predicted octanol–water partition coefficient (Wildman–Crippen LogP) is 3.98. The van der Waals surface area contributed by atoms with Crippen LogP contribution in [-0.2, 0) is 0 Å². The van der Waals surface area contributed by atoms with Crippen LogP contribution in [0, 0.1) is 11.8 Å². The minimum absolute atomic E-state index is 0.820. The van der Waals surface area contributed by atoms with Gasteiger partial charge in [-0.05, 0) is 37.6 Å². The highest BCUT2D eigenvalue weighted by Gasteiger charge is 2.31. The summed E-state index contributed by atoms with van der Waals surface area (Å²) < 4.78 is 0. The second-order valence-corrected chi connectivity index (χ2v) is 5.09. The summed E-state index contributed by atoms with van der Waals surface area (Å²) in [5.74, 6) is 1.92. The molecule has 2 atom stereocenters. The molecule has 15 heavy (non-hydrogen) atoms. The van der Waals surface area contributed by atoms with Gasteiger partial charge < -0.3 is 5.32 Å². The fourth-order valence-electron chi connectivity index (χ4n) is 2.86. The van der Waals surface area contributed by atoms with Crippen LogP contribution in [-0.4, -0.2) is 12.6 Å². The molecule has 0 spiro atoms. The smallest absolute Gasteiger partial charge is 0.0123 e. The molecule has 1 heteroatoms. The van der Waals surface area contributed by atoms with Gasteiger partial charge in [-0.1, -0.05) is 46.5 Å². The maximum atomic E-state index is 3.74. The Morgan fingerprint density at radius 3 is 2.33 bits per heavy atom.